The molecule has 0 aliphatic carbocycles. The van der Waals surface area contributed by atoms with Crippen LogP contribution in [0.4, 0.5) is 0 Å². The van der Waals surface area contributed by atoms with Crippen LogP contribution in [0.1, 0.15) is 92.7 Å². The molecule has 82 heavy (non-hydrogen) atoms. The lowest BCUT2D eigenvalue weighted by atomic mass is 9.99. The number of aliphatic carboxylic acids is 2. The van der Waals surface area contributed by atoms with Gasteiger partial charge in [0.05, 0.1) is 32.4 Å². The molecular weight excluding hydrogens is 1120 g/mol. The fourth-order valence-electron chi connectivity index (χ4n) is 7.54. The smallest absolute Gasteiger partial charge is 0.325 e. The van der Waals surface area contributed by atoms with E-state index in [1.54, 1.807) is 47.8 Å². The number of carbonyl (C=O) groups excluding carboxylic acids is 11. The first-order valence-corrected chi connectivity index (χ1v) is 28.2. The van der Waals surface area contributed by atoms with Gasteiger partial charge in [0.2, 0.25) is 65.0 Å². The van der Waals surface area contributed by atoms with Crippen molar-refractivity contribution in [3.8, 4) is 0 Å². The highest BCUT2D eigenvalue weighted by molar-refractivity contribution is 7.98. The predicted octanol–water partition coefficient (Wildman–Crippen LogP) is -5.61. The minimum Gasteiger partial charge on any atom is -0.481 e. The third-order valence-electron chi connectivity index (χ3n) is 11.8. The average Bonchev–Trinajstić information content (AvgIpc) is 3.93. The van der Waals surface area contributed by atoms with E-state index >= 15 is 0 Å². The maximum absolute atomic E-state index is 14.2. The summed E-state index contributed by atoms with van der Waals surface area (Å²) in [5, 5.41) is 62.4. The van der Waals surface area contributed by atoms with Crippen LogP contribution in [0.2, 0.25) is 0 Å². The first-order chi connectivity index (χ1) is 38.4. The van der Waals surface area contributed by atoms with Crippen LogP contribution in [-0.2, 0) is 68.7 Å². The number of nitrogens with one attached hydrogen (secondary N) is 11. The number of nitrogens with two attached hydrogens (primary N) is 2. The molecule has 11 atom stereocenters. The monoisotopic (exact) mass is 1200 g/mol. The van der Waals surface area contributed by atoms with E-state index in [-0.39, 0.29) is 61.4 Å². The minimum atomic E-state index is -2.00. The Kier molecular flexibility index (Phi) is 33.0. The van der Waals surface area contributed by atoms with Gasteiger partial charge < -0.3 is 90.0 Å². The van der Waals surface area contributed by atoms with Crippen molar-refractivity contribution in [2.45, 2.75) is 160 Å². The van der Waals surface area contributed by atoms with Crippen molar-refractivity contribution in [1.82, 2.24) is 63.1 Å². The highest BCUT2D eigenvalue weighted by atomic mass is 32.2. The Bertz CT molecular complexity index is 2350. The first kappa shape index (κ1) is 72.9. The van der Waals surface area contributed by atoms with Crippen LogP contribution in [-0.4, -0.2) is 205 Å². The molecule has 462 valence electrons. The molecule has 33 heteroatoms. The van der Waals surface area contributed by atoms with Gasteiger partial charge in [-0.25, -0.2) is 4.98 Å². The van der Waals surface area contributed by atoms with E-state index in [4.69, 9.17) is 11.5 Å². The topological polar surface area (TPSA) is 504 Å². The maximum atomic E-state index is 14.2. The first-order valence-electron chi connectivity index (χ1n) is 26.2. The van der Waals surface area contributed by atoms with Crippen LogP contribution in [0.15, 0.2) is 12.5 Å². The van der Waals surface area contributed by atoms with Crippen LogP contribution < -0.4 is 64.6 Å². The second-order valence-electron chi connectivity index (χ2n) is 20.5. The van der Waals surface area contributed by atoms with Crippen LogP contribution >= 0.6 is 24.4 Å². The lowest BCUT2D eigenvalue weighted by Gasteiger charge is -2.29. The fourth-order valence-corrected chi connectivity index (χ4v) is 8.27. The van der Waals surface area contributed by atoms with Crippen molar-refractivity contribution in [1.29, 1.82) is 0 Å². The summed E-state index contributed by atoms with van der Waals surface area (Å²) in [7, 11) is 0. The molecule has 0 aromatic carbocycles. The second-order valence-corrected chi connectivity index (χ2v) is 21.8. The van der Waals surface area contributed by atoms with Crippen molar-refractivity contribution < 1.29 is 82.8 Å². The summed E-state index contributed by atoms with van der Waals surface area (Å²) >= 11 is 5.29. The zero-order valence-electron chi connectivity index (χ0n) is 47.1. The number of primary amides is 1. The highest BCUT2D eigenvalue weighted by Gasteiger charge is 2.37. The van der Waals surface area contributed by atoms with Crippen molar-refractivity contribution >= 4 is 101 Å². The third-order valence-corrected chi connectivity index (χ3v) is 12.8. The van der Waals surface area contributed by atoms with Gasteiger partial charge in [-0.2, -0.15) is 24.4 Å². The number of amides is 11. The van der Waals surface area contributed by atoms with E-state index in [2.05, 4.69) is 75.8 Å². The number of carboxylic acid groups (broad SMARTS) is 2. The molecule has 0 unspecified atom stereocenters. The van der Waals surface area contributed by atoms with Gasteiger partial charge in [0.1, 0.15) is 66.5 Å². The zero-order chi connectivity index (χ0) is 62.6. The van der Waals surface area contributed by atoms with E-state index in [1.807, 2.05) is 0 Å². The molecule has 0 radical (unpaired) electrons. The molecule has 19 N–H and O–H groups in total. The predicted molar refractivity (Wildman–Crippen MR) is 298 cm³/mol. The third kappa shape index (κ3) is 27.1. The van der Waals surface area contributed by atoms with Crippen molar-refractivity contribution in [2.24, 2.45) is 29.2 Å². The second kappa shape index (κ2) is 37.1. The van der Waals surface area contributed by atoms with Gasteiger partial charge in [0, 0.05) is 24.1 Å². The van der Waals surface area contributed by atoms with Gasteiger partial charge >= 0.3 is 11.9 Å². The quantitative estimate of drug-likeness (QED) is 0.0273. The van der Waals surface area contributed by atoms with Crippen LogP contribution in [0.3, 0.4) is 0 Å². The molecule has 0 aliphatic heterocycles. The normalized spacial score (nSPS) is 15.3. The number of hydrogen-bond donors (Lipinski definition) is 18. The Morgan fingerprint density at radius 1 is 0.537 bits per heavy atom. The summed E-state index contributed by atoms with van der Waals surface area (Å²) in [6.07, 6.45) is 2.05. The largest absolute Gasteiger partial charge is 0.481 e. The van der Waals surface area contributed by atoms with Crippen molar-refractivity contribution in [3.63, 3.8) is 0 Å². The number of H-pyrrole nitrogens is 1. The number of nitrogens with zero attached hydrogens (tertiary/aromatic N) is 1. The number of aliphatic hydroxyl groups is 2. The SMILES string of the molecule is CSCC[C@H](NC(=O)[C@H](CC(=O)O)NC(=O)[C@H](CC(N)=O)NC(=O)[C@H](CO)NC(=O)[C@H](CC(C)C)NC(=O)[C@H](CC(C)C)NC(=O)[C@H](Cc1cnc[nH]1)NC(=O)[C@H](CC(C)C)NC(=O)[C@@H](N)CO)C(=O)N[C@@H](CS)C(=O)N[C@@H](C)C(=O)O. The van der Waals surface area contributed by atoms with E-state index in [9.17, 15) is 82.8 Å². The molecule has 0 bridgehead atoms. The molecule has 31 nitrogen and oxygen atoms in total. The average molecular weight is 1200 g/mol. The van der Waals surface area contributed by atoms with Gasteiger partial charge in [-0.3, -0.25) is 62.3 Å². The molecule has 0 saturated heterocycles. The van der Waals surface area contributed by atoms with E-state index in [0.717, 1.165) is 0 Å². The van der Waals surface area contributed by atoms with E-state index in [1.165, 1.54) is 31.2 Å². The van der Waals surface area contributed by atoms with E-state index < -0.39 is 169 Å². The Balaban J connectivity index is 3.45. The number of hydrogen-bond acceptors (Lipinski definition) is 19. The van der Waals surface area contributed by atoms with Gasteiger partial charge in [0.15, 0.2) is 0 Å². The van der Waals surface area contributed by atoms with Gasteiger partial charge in [-0.05, 0) is 62.4 Å². The molecular formula is C49H82N14O17S2. The number of aromatic amines is 1. The molecule has 1 rings (SSSR count). The number of carboxylic acids is 2. The number of carbonyl (C=O) groups is 13. The molecule has 0 aliphatic rings. The lowest BCUT2D eigenvalue weighted by molar-refractivity contribution is -0.142. The standard InChI is InChI=1S/C49H82N14O17S2/c1-22(2)11-29(56-39(69)27(50)18-64)41(71)59-32(14-26-17-52-21-53-26)44(74)58-30(12-23(3)4)42(72)57-31(13-24(5)6)43(73)62-35(19-65)47(77)60-33(15-37(51)66)45(75)61-34(16-38(67)68)46(76)55-28(9-10-82-8)40(70)63-36(20-81)48(78)54-25(7)49(79)80/h17,21-25,27-36,64-65,81H,9-16,18-20,50H2,1-8H3,(H2,51,66)(H,52,53)(H,54,78)(H,55,76)(H,56,69)(H,57,72)(H,58,74)(H,59,71)(H,60,77)(H,61,75)(H,62,73)(H,63,70)(H,67,68)(H,79,80)/t25-,27-,28-,29-,30-,31-,32-,33-,34-,35-,36-/m0/s1. The number of imidazole rings is 1. The number of aliphatic hydroxyl groups excluding tert-OH is 2. The summed E-state index contributed by atoms with van der Waals surface area (Å²) < 4.78 is 0. The molecule has 0 fully saturated rings. The van der Waals surface area contributed by atoms with Gasteiger partial charge in [-0.1, -0.05) is 41.5 Å². The van der Waals surface area contributed by atoms with Gasteiger partial charge in [0.25, 0.3) is 0 Å². The molecule has 1 heterocycles. The minimum absolute atomic E-state index is 0.00870. The Morgan fingerprint density at radius 2 is 0.915 bits per heavy atom. The Hall–Kier alpha value is -7.10. The molecule has 1 aromatic heterocycles. The molecule has 0 saturated carbocycles. The number of thiol groups is 1. The highest BCUT2D eigenvalue weighted by Crippen LogP contribution is 2.13. The van der Waals surface area contributed by atoms with Crippen LogP contribution in [0, 0.1) is 17.8 Å². The summed E-state index contributed by atoms with van der Waals surface area (Å²) in [5.41, 5.74) is 11.5. The number of rotatable bonds is 39. The zero-order valence-corrected chi connectivity index (χ0v) is 48.8. The van der Waals surface area contributed by atoms with Crippen molar-refractivity contribution in [2.75, 3.05) is 31.0 Å². The summed E-state index contributed by atoms with van der Waals surface area (Å²) in [5.74, 6) is -15.2. The molecule has 1 aromatic rings. The van der Waals surface area contributed by atoms with E-state index in [0.29, 0.717) is 5.69 Å². The summed E-state index contributed by atoms with van der Waals surface area (Å²) in [6, 6.07) is -16.9. The molecule has 0 spiro atoms. The number of thioether (sulfide) groups is 1. The summed E-state index contributed by atoms with van der Waals surface area (Å²) in [6.45, 7) is 9.78. The molecule has 11 amide bonds. The summed E-state index contributed by atoms with van der Waals surface area (Å²) in [4.78, 5) is 178. The van der Waals surface area contributed by atoms with Gasteiger partial charge in [-0.15, -0.1) is 0 Å². The number of aromatic nitrogens is 2. The fraction of sp³-hybridized carbons (Fsp3) is 0.673. The van der Waals surface area contributed by atoms with Crippen LogP contribution in [0.5, 0.6) is 0 Å². The lowest BCUT2D eigenvalue weighted by Crippen LogP contribution is -2.62. The van der Waals surface area contributed by atoms with Crippen molar-refractivity contribution in [3.05, 3.63) is 18.2 Å². The Labute approximate surface area is 483 Å². The Morgan fingerprint density at radius 3 is 1.32 bits per heavy atom. The maximum Gasteiger partial charge on any atom is 0.325 e. The van der Waals surface area contributed by atoms with Crippen LogP contribution in [0.25, 0.3) is 0 Å².